The molecule has 4 aromatic rings. The summed E-state index contributed by atoms with van der Waals surface area (Å²) in [6.07, 6.45) is 7.94. The summed E-state index contributed by atoms with van der Waals surface area (Å²) < 4.78 is 7.43. The molecule has 0 bridgehead atoms. The lowest BCUT2D eigenvalue weighted by Crippen LogP contribution is -2.31. The van der Waals surface area contributed by atoms with Crippen LogP contribution >= 0.6 is 0 Å². The van der Waals surface area contributed by atoms with Gasteiger partial charge in [-0.2, -0.15) is 5.10 Å². The van der Waals surface area contributed by atoms with Gasteiger partial charge in [-0.05, 0) is 42.5 Å². The average Bonchev–Trinajstić information content (AvgIpc) is 3.31. The first-order valence-electron chi connectivity index (χ1n) is 13.1. The zero-order valence-electron chi connectivity index (χ0n) is 22.0. The Hall–Kier alpha value is -4.16. The Bertz CT molecular complexity index is 1490. The summed E-state index contributed by atoms with van der Waals surface area (Å²) in [4.78, 5) is 24.3. The van der Waals surface area contributed by atoms with Crippen LogP contribution in [0.4, 0.5) is 11.6 Å². The van der Waals surface area contributed by atoms with E-state index < -0.39 is 0 Å². The molecule has 1 saturated carbocycles. The van der Waals surface area contributed by atoms with Gasteiger partial charge in [-0.25, -0.2) is 9.97 Å². The lowest BCUT2D eigenvalue weighted by atomic mass is 9.96. The molecule has 3 aromatic heterocycles. The number of aromatic nitrogens is 6. The molecule has 6 rings (SSSR count). The van der Waals surface area contributed by atoms with Crippen LogP contribution in [0.25, 0.3) is 11.3 Å². The molecular formula is C27H31N9O3. The lowest BCUT2D eigenvalue weighted by Gasteiger charge is -2.19. The predicted octanol–water partition coefficient (Wildman–Crippen LogP) is 2.72. The minimum atomic E-state index is -0.379. The van der Waals surface area contributed by atoms with Crippen molar-refractivity contribution >= 4 is 17.5 Å². The van der Waals surface area contributed by atoms with E-state index in [0.29, 0.717) is 31.3 Å². The van der Waals surface area contributed by atoms with E-state index in [-0.39, 0.29) is 29.9 Å². The van der Waals surface area contributed by atoms with Crippen molar-refractivity contribution in [2.75, 3.05) is 25.0 Å². The van der Waals surface area contributed by atoms with E-state index in [1.54, 1.807) is 17.1 Å². The smallest absolute Gasteiger partial charge is 0.309 e. The SMILES string of the molecule is Cn1cc(Nc2nccc(-c3ccc4c(c3)CN(CCO)CC[C@@H]4NC(=O)c3nnc(C4(C)CC4)o3)n2)cn1. The monoisotopic (exact) mass is 529 g/mol. The normalized spacial score (nSPS) is 18.3. The van der Waals surface area contributed by atoms with Gasteiger partial charge in [-0.3, -0.25) is 14.4 Å². The van der Waals surface area contributed by atoms with Crippen LogP contribution in [0.3, 0.4) is 0 Å². The third-order valence-corrected chi connectivity index (χ3v) is 7.42. The van der Waals surface area contributed by atoms with Crippen LogP contribution in [0.5, 0.6) is 0 Å². The highest BCUT2D eigenvalue weighted by molar-refractivity contribution is 5.89. The summed E-state index contributed by atoms with van der Waals surface area (Å²) in [6, 6.07) is 7.77. The second-order valence-electron chi connectivity index (χ2n) is 10.5. The molecule has 1 amide bonds. The van der Waals surface area contributed by atoms with Crippen LogP contribution in [0.15, 0.2) is 47.3 Å². The number of amides is 1. The first kappa shape index (κ1) is 25.1. The summed E-state index contributed by atoms with van der Waals surface area (Å²) >= 11 is 0. The fraction of sp³-hybridized carbons (Fsp3) is 0.407. The fourth-order valence-corrected chi connectivity index (χ4v) is 4.89. The molecule has 1 atom stereocenters. The molecule has 39 heavy (non-hydrogen) atoms. The maximum atomic E-state index is 13.1. The predicted molar refractivity (Wildman–Crippen MR) is 142 cm³/mol. The summed E-state index contributed by atoms with van der Waals surface area (Å²) in [7, 11) is 1.85. The number of hydrogen-bond acceptors (Lipinski definition) is 10. The Kier molecular flexibility index (Phi) is 6.57. The Morgan fingerprint density at radius 2 is 2.13 bits per heavy atom. The molecule has 1 fully saturated rings. The van der Waals surface area contributed by atoms with Crippen molar-refractivity contribution in [3.63, 3.8) is 0 Å². The first-order valence-corrected chi connectivity index (χ1v) is 13.1. The van der Waals surface area contributed by atoms with Crippen LogP contribution < -0.4 is 10.6 Å². The molecule has 12 heteroatoms. The molecule has 1 aromatic carbocycles. The zero-order chi connectivity index (χ0) is 27.0. The van der Waals surface area contributed by atoms with E-state index in [1.165, 1.54) is 0 Å². The lowest BCUT2D eigenvalue weighted by molar-refractivity contribution is 0.0894. The Balaban J connectivity index is 1.26. The second-order valence-corrected chi connectivity index (χ2v) is 10.5. The summed E-state index contributed by atoms with van der Waals surface area (Å²) in [6.45, 7) is 4.03. The second kappa shape index (κ2) is 10.2. The van der Waals surface area contributed by atoms with Crippen LogP contribution in [-0.2, 0) is 19.0 Å². The van der Waals surface area contributed by atoms with Gasteiger partial charge in [-0.15, -0.1) is 10.2 Å². The van der Waals surface area contributed by atoms with Gasteiger partial charge in [0.25, 0.3) is 0 Å². The maximum absolute atomic E-state index is 13.1. The number of nitrogens with zero attached hydrogens (tertiary/aromatic N) is 7. The minimum Gasteiger partial charge on any atom is -0.416 e. The highest BCUT2D eigenvalue weighted by atomic mass is 16.4. The maximum Gasteiger partial charge on any atom is 0.309 e. The quantitative estimate of drug-likeness (QED) is 0.311. The van der Waals surface area contributed by atoms with E-state index in [4.69, 9.17) is 9.40 Å². The topological polar surface area (TPSA) is 147 Å². The van der Waals surface area contributed by atoms with Crippen molar-refractivity contribution < 1.29 is 14.3 Å². The fourth-order valence-electron chi connectivity index (χ4n) is 4.89. The number of carbonyl (C=O) groups is 1. The molecule has 4 heterocycles. The number of fused-ring (bicyclic) bond motifs is 1. The number of aliphatic hydroxyl groups excluding tert-OH is 1. The van der Waals surface area contributed by atoms with E-state index in [0.717, 1.165) is 47.5 Å². The Labute approximate surface area is 225 Å². The van der Waals surface area contributed by atoms with Crippen molar-refractivity contribution in [2.45, 2.75) is 44.2 Å². The average molecular weight is 530 g/mol. The first-order chi connectivity index (χ1) is 18.9. The van der Waals surface area contributed by atoms with Crippen LogP contribution in [0.1, 0.15) is 59.9 Å². The van der Waals surface area contributed by atoms with Gasteiger partial charge in [0.15, 0.2) is 0 Å². The number of carbonyl (C=O) groups excluding carboxylic acids is 1. The van der Waals surface area contributed by atoms with Gasteiger partial charge in [0.1, 0.15) is 0 Å². The van der Waals surface area contributed by atoms with E-state index in [1.807, 2.05) is 31.4 Å². The van der Waals surface area contributed by atoms with Crippen LogP contribution in [0, 0.1) is 0 Å². The summed E-state index contributed by atoms with van der Waals surface area (Å²) in [5.41, 5.74) is 4.47. The molecule has 202 valence electrons. The zero-order valence-corrected chi connectivity index (χ0v) is 22.0. The van der Waals surface area contributed by atoms with Crippen LogP contribution in [-0.4, -0.2) is 65.6 Å². The number of aryl methyl sites for hydroxylation is 1. The molecule has 1 aliphatic carbocycles. The van der Waals surface area contributed by atoms with Crippen LogP contribution in [0.2, 0.25) is 0 Å². The van der Waals surface area contributed by atoms with Crippen molar-refractivity contribution in [1.82, 2.24) is 40.2 Å². The number of benzene rings is 1. The van der Waals surface area contributed by atoms with Gasteiger partial charge in [0.05, 0.1) is 30.2 Å². The van der Waals surface area contributed by atoms with Crippen molar-refractivity contribution in [3.8, 4) is 11.3 Å². The molecule has 1 aliphatic heterocycles. The molecule has 0 unspecified atom stereocenters. The van der Waals surface area contributed by atoms with Gasteiger partial charge in [0.2, 0.25) is 11.8 Å². The minimum absolute atomic E-state index is 0.0117. The van der Waals surface area contributed by atoms with E-state index in [2.05, 4.69) is 48.8 Å². The number of anilines is 2. The molecule has 0 saturated heterocycles. The number of hydrogen-bond donors (Lipinski definition) is 3. The summed E-state index contributed by atoms with van der Waals surface area (Å²) in [5, 5.41) is 28.2. The van der Waals surface area contributed by atoms with E-state index in [9.17, 15) is 9.90 Å². The van der Waals surface area contributed by atoms with Crippen molar-refractivity contribution in [2.24, 2.45) is 7.05 Å². The molecular weight excluding hydrogens is 498 g/mol. The van der Waals surface area contributed by atoms with Gasteiger partial charge in [0, 0.05) is 50.1 Å². The number of β-amino-alcohol motifs (C(OH)–C–C–N with tert-alkyl or cyclic N) is 1. The molecule has 12 nitrogen and oxygen atoms in total. The van der Waals surface area contributed by atoms with Crippen molar-refractivity contribution in [3.05, 3.63) is 65.8 Å². The molecule has 0 spiro atoms. The highest BCUT2D eigenvalue weighted by Crippen LogP contribution is 2.46. The number of nitrogens with one attached hydrogen (secondary N) is 2. The third-order valence-electron chi connectivity index (χ3n) is 7.42. The van der Waals surface area contributed by atoms with Gasteiger partial charge >= 0.3 is 11.8 Å². The summed E-state index contributed by atoms with van der Waals surface area (Å²) in [5.74, 6) is 0.606. The Morgan fingerprint density at radius 1 is 1.26 bits per heavy atom. The molecule has 0 radical (unpaired) electrons. The molecule has 3 N–H and O–H groups in total. The molecule has 2 aliphatic rings. The third kappa shape index (κ3) is 5.38. The highest BCUT2D eigenvalue weighted by Gasteiger charge is 2.44. The number of rotatable bonds is 8. The van der Waals surface area contributed by atoms with E-state index >= 15 is 0 Å². The van der Waals surface area contributed by atoms with Gasteiger partial charge < -0.3 is 20.2 Å². The Morgan fingerprint density at radius 3 is 2.90 bits per heavy atom. The van der Waals surface area contributed by atoms with Gasteiger partial charge in [-0.1, -0.05) is 19.1 Å². The number of aliphatic hydroxyl groups is 1. The largest absolute Gasteiger partial charge is 0.416 e. The standard InChI is InChI=1S/C27H31N9O3/c1-27(7-8-27)25-34-33-24(39-25)23(38)31-22-6-10-36(11-12-37)15-18-13-17(3-4-20(18)22)21-5-9-28-26(32-21)30-19-14-29-35(2)16-19/h3-5,9,13-14,16,22,37H,6-8,10-12,15H2,1-2H3,(H,31,38)(H,28,30,32)/t22-/m0/s1. The van der Waals surface area contributed by atoms with Crippen molar-refractivity contribution in [1.29, 1.82) is 0 Å².